The van der Waals surface area contributed by atoms with E-state index in [1.165, 1.54) is 5.56 Å². The molecule has 2 aliphatic rings. The van der Waals surface area contributed by atoms with E-state index in [1.807, 2.05) is 18.2 Å². The van der Waals surface area contributed by atoms with Crippen molar-refractivity contribution in [3.05, 3.63) is 35.9 Å². The van der Waals surface area contributed by atoms with Crippen LogP contribution in [0.1, 0.15) is 17.9 Å². The molecule has 0 spiro atoms. The first-order valence-corrected chi connectivity index (χ1v) is 9.18. The molecule has 3 rings (SSSR count). The number of nitrogens with zero attached hydrogens (tertiary/aromatic N) is 3. The lowest BCUT2D eigenvalue weighted by Crippen LogP contribution is -2.50. The summed E-state index contributed by atoms with van der Waals surface area (Å²) in [6, 6.07) is 10.4. The van der Waals surface area contributed by atoms with Gasteiger partial charge in [-0.15, -0.1) is 0 Å². The van der Waals surface area contributed by atoms with Crippen molar-refractivity contribution in [3.8, 4) is 0 Å². The van der Waals surface area contributed by atoms with Crippen molar-refractivity contribution in [1.82, 2.24) is 20.0 Å². The molecule has 3 unspecified atom stereocenters. The number of hydrogen-bond acceptors (Lipinski definition) is 4. The maximum Gasteiger partial charge on any atom is 0.317 e. The Balaban J connectivity index is 1.38. The molecule has 1 saturated heterocycles. The zero-order valence-electron chi connectivity index (χ0n) is 15.3. The number of hydrogen-bond donors (Lipinski definition) is 2. The molecule has 0 radical (unpaired) electrons. The molecule has 138 valence electrons. The van der Waals surface area contributed by atoms with Crippen LogP contribution >= 0.6 is 0 Å². The van der Waals surface area contributed by atoms with Crippen molar-refractivity contribution in [2.45, 2.75) is 24.5 Å². The number of carbonyl (C=O) groups excluding carboxylic acids is 1. The molecule has 1 aromatic rings. The molecular formula is C19H30N4O2. The standard InChI is InChI=1S/C19H30N4O2/c1-21-8-10-23(11-9-21)14-16(24)13-22(2)19(25)20-18-12-17(18)15-6-4-3-5-7-15/h3-7,16-18,24H,8-14H2,1-2H3,(H,20,25). The molecule has 2 N–H and O–H groups in total. The molecule has 6 heteroatoms. The number of likely N-dealkylation sites (N-methyl/N-ethyl adjacent to an activating group) is 2. The molecule has 1 aliphatic heterocycles. The first-order valence-electron chi connectivity index (χ1n) is 9.18. The number of piperazine rings is 1. The topological polar surface area (TPSA) is 59.1 Å². The Morgan fingerprint density at radius 3 is 2.64 bits per heavy atom. The molecule has 2 amide bonds. The fourth-order valence-corrected chi connectivity index (χ4v) is 3.48. The first-order chi connectivity index (χ1) is 12.0. The molecule has 2 fully saturated rings. The van der Waals surface area contributed by atoms with Crippen LogP contribution in [-0.2, 0) is 0 Å². The zero-order chi connectivity index (χ0) is 17.8. The van der Waals surface area contributed by atoms with Gasteiger partial charge in [-0.1, -0.05) is 30.3 Å². The number of benzene rings is 1. The fourth-order valence-electron chi connectivity index (χ4n) is 3.48. The highest BCUT2D eigenvalue weighted by Crippen LogP contribution is 2.40. The normalized spacial score (nSPS) is 25.4. The minimum Gasteiger partial charge on any atom is -0.390 e. The van der Waals surface area contributed by atoms with Crippen LogP contribution in [0.4, 0.5) is 4.79 Å². The van der Waals surface area contributed by atoms with E-state index in [0.29, 0.717) is 19.0 Å². The number of carbonyl (C=O) groups is 1. The van der Waals surface area contributed by atoms with Crippen LogP contribution in [0.2, 0.25) is 0 Å². The van der Waals surface area contributed by atoms with Crippen LogP contribution in [0.15, 0.2) is 30.3 Å². The number of urea groups is 1. The number of amides is 2. The second kappa shape index (κ2) is 8.17. The van der Waals surface area contributed by atoms with Crippen molar-refractivity contribution in [2.75, 3.05) is 53.4 Å². The summed E-state index contributed by atoms with van der Waals surface area (Å²) < 4.78 is 0. The van der Waals surface area contributed by atoms with Gasteiger partial charge >= 0.3 is 6.03 Å². The van der Waals surface area contributed by atoms with Crippen LogP contribution in [0.5, 0.6) is 0 Å². The Kier molecular flexibility index (Phi) is 5.93. The van der Waals surface area contributed by atoms with Gasteiger partial charge < -0.3 is 20.2 Å². The number of aliphatic hydroxyl groups excluding tert-OH is 1. The molecule has 25 heavy (non-hydrogen) atoms. The summed E-state index contributed by atoms with van der Waals surface area (Å²) in [5.41, 5.74) is 1.28. The summed E-state index contributed by atoms with van der Waals surface area (Å²) in [5, 5.41) is 13.4. The summed E-state index contributed by atoms with van der Waals surface area (Å²) in [5.74, 6) is 0.425. The lowest BCUT2D eigenvalue weighted by Gasteiger charge is -2.34. The summed E-state index contributed by atoms with van der Waals surface area (Å²) in [6.45, 7) is 5.01. The summed E-state index contributed by atoms with van der Waals surface area (Å²) in [6.07, 6.45) is 0.483. The van der Waals surface area contributed by atoms with Crippen LogP contribution < -0.4 is 5.32 Å². The lowest BCUT2D eigenvalue weighted by molar-refractivity contribution is 0.0657. The average molecular weight is 346 g/mol. The van der Waals surface area contributed by atoms with E-state index in [2.05, 4.69) is 34.3 Å². The van der Waals surface area contributed by atoms with E-state index >= 15 is 0 Å². The molecule has 1 aliphatic carbocycles. The Hall–Kier alpha value is -1.63. The SMILES string of the molecule is CN1CCN(CC(O)CN(C)C(=O)NC2CC2c2ccccc2)CC1. The van der Waals surface area contributed by atoms with Gasteiger partial charge in [0, 0.05) is 58.3 Å². The number of β-amino-alcohol motifs (C(OH)–C–C–N with tert-alkyl or cyclic N) is 1. The van der Waals surface area contributed by atoms with E-state index in [4.69, 9.17) is 0 Å². The van der Waals surface area contributed by atoms with Crippen LogP contribution in [0.3, 0.4) is 0 Å². The Bertz CT molecular complexity index is 560. The minimum absolute atomic E-state index is 0.0964. The van der Waals surface area contributed by atoms with E-state index in [0.717, 1.165) is 32.6 Å². The predicted molar refractivity (Wildman–Crippen MR) is 98.7 cm³/mol. The van der Waals surface area contributed by atoms with E-state index in [-0.39, 0.29) is 12.1 Å². The lowest BCUT2D eigenvalue weighted by atomic mass is 10.1. The van der Waals surface area contributed by atoms with Gasteiger partial charge in [0.15, 0.2) is 0 Å². The third-order valence-electron chi connectivity index (χ3n) is 5.22. The van der Waals surface area contributed by atoms with Crippen molar-refractivity contribution in [2.24, 2.45) is 0 Å². The van der Waals surface area contributed by atoms with Gasteiger partial charge in [-0.25, -0.2) is 4.79 Å². The molecule has 6 nitrogen and oxygen atoms in total. The van der Waals surface area contributed by atoms with Gasteiger partial charge in [0.2, 0.25) is 0 Å². The predicted octanol–water partition coefficient (Wildman–Crippen LogP) is 0.792. The van der Waals surface area contributed by atoms with E-state index in [9.17, 15) is 9.90 Å². The zero-order valence-corrected chi connectivity index (χ0v) is 15.3. The maximum absolute atomic E-state index is 12.3. The summed E-state index contributed by atoms with van der Waals surface area (Å²) in [4.78, 5) is 18.5. The second-order valence-electron chi connectivity index (χ2n) is 7.45. The molecule has 1 heterocycles. The molecule has 1 aromatic carbocycles. The first kappa shape index (κ1) is 18.2. The van der Waals surface area contributed by atoms with Gasteiger partial charge in [-0.05, 0) is 19.0 Å². The highest BCUT2D eigenvalue weighted by atomic mass is 16.3. The van der Waals surface area contributed by atoms with Gasteiger partial charge in [0.25, 0.3) is 0 Å². The third kappa shape index (κ3) is 5.17. The van der Waals surface area contributed by atoms with Gasteiger partial charge in [0.1, 0.15) is 0 Å². The van der Waals surface area contributed by atoms with Crippen molar-refractivity contribution in [1.29, 1.82) is 0 Å². The van der Waals surface area contributed by atoms with Crippen molar-refractivity contribution in [3.63, 3.8) is 0 Å². The van der Waals surface area contributed by atoms with Gasteiger partial charge in [0.05, 0.1) is 6.10 Å². The van der Waals surface area contributed by atoms with E-state index in [1.54, 1.807) is 11.9 Å². The highest BCUT2D eigenvalue weighted by molar-refractivity contribution is 5.75. The molecule has 3 atom stereocenters. The van der Waals surface area contributed by atoms with Gasteiger partial charge in [-0.3, -0.25) is 4.90 Å². The molecular weight excluding hydrogens is 316 g/mol. The van der Waals surface area contributed by atoms with Crippen LogP contribution in [0.25, 0.3) is 0 Å². The number of rotatable bonds is 6. The maximum atomic E-state index is 12.3. The molecule has 1 saturated carbocycles. The largest absolute Gasteiger partial charge is 0.390 e. The monoisotopic (exact) mass is 346 g/mol. The number of nitrogens with one attached hydrogen (secondary N) is 1. The number of aliphatic hydroxyl groups is 1. The van der Waals surface area contributed by atoms with Crippen LogP contribution in [-0.4, -0.2) is 91.3 Å². The van der Waals surface area contributed by atoms with E-state index < -0.39 is 6.10 Å². The Labute approximate surface area is 150 Å². The van der Waals surface area contributed by atoms with Crippen LogP contribution in [0, 0.1) is 0 Å². The quantitative estimate of drug-likeness (QED) is 0.800. The van der Waals surface area contributed by atoms with Gasteiger partial charge in [-0.2, -0.15) is 0 Å². The smallest absolute Gasteiger partial charge is 0.317 e. The Morgan fingerprint density at radius 2 is 1.96 bits per heavy atom. The fraction of sp³-hybridized carbons (Fsp3) is 0.632. The average Bonchev–Trinajstić information content (AvgIpc) is 3.37. The van der Waals surface area contributed by atoms with Crippen molar-refractivity contribution >= 4 is 6.03 Å². The molecule has 0 aromatic heterocycles. The Morgan fingerprint density at radius 1 is 1.28 bits per heavy atom. The highest BCUT2D eigenvalue weighted by Gasteiger charge is 2.39. The van der Waals surface area contributed by atoms with Crippen molar-refractivity contribution < 1.29 is 9.90 Å². The molecule has 0 bridgehead atoms. The summed E-state index contributed by atoms with van der Waals surface area (Å²) in [7, 11) is 3.87. The second-order valence-corrected chi connectivity index (χ2v) is 7.45. The minimum atomic E-state index is -0.511. The third-order valence-corrected chi connectivity index (χ3v) is 5.22. The summed E-state index contributed by atoms with van der Waals surface area (Å²) >= 11 is 0.